The van der Waals surface area contributed by atoms with Crippen LogP contribution in [0.15, 0.2) is 40.6 Å². The van der Waals surface area contributed by atoms with Crippen molar-refractivity contribution in [2.24, 2.45) is 10.2 Å². The number of azo groups is 1. The Bertz CT molecular complexity index is 948. The van der Waals surface area contributed by atoms with Crippen molar-refractivity contribution in [3.63, 3.8) is 0 Å². The van der Waals surface area contributed by atoms with Gasteiger partial charge in [-0.15, -0.1) is 5.11 Å². The second-order valence-corrected chi connectivity index (χ2v) is 5.72. The zero-order valence-electron chi connectivity index (χ0n) is 14.2. The zero-order valence-corrected chi connectivity index (χ0v) is 14.2. The van der Waals surface area contributed by atoms with Gasteiger partial charge in [0, 0.05) is 29.1 Å². The molecule has 2 heterocycles. The highest BCUT2D eigenvalue weighted by Gasteiger charge is 2.09. The molecule has 3 rings (SSSR count). The molecule has 0 bridgehead atoms. The van der Waals surface area contributed by atoms with Gasteiger partial charge in [-0.2, -0.15) is 15.2 Å². The van der Waals surface area contributed by atoms with Gasteiger partial charge >= 0.3 is 0 Å². The van der Waals surface area contributed by atoms with Crippen molar-refractivity contribution in [1.29, 1.82) is 0 Å². The Kier molecular flexibility index (Phi) is 4.42. The van der Waals surface area contributed by atoms with E-state index in [1.165, 1.54) is 12.1 Å². The molecule has 8 nitrogen and oxygen atoms in total. The molecule has 25 heavy (non-hydrogen) atoms. The first kappa shape index (κ1) is 16.6. The molecule has 0 atom stereocenters. The van der Waals surface area contributed by atoms with Gasteiger partial charge in [-0.1, -0.05) is 0 Å². The molecule has 0 aliphatic rings. The lowest BCUT2D eigenvalue weighted by atomic mass is 10.2. The van der Waals surface area contributed by atoms with E-state index in [0.29, 0.717) is 17.3 Å². The number of nitrogens with zero attached hydrogens (tertiary/aromatic N) is 6. The summed E-state index contributed by atoms with van der Waals surface area (Å²) in [5, 5.41) is 31.6. The van der Waals surface area contributed by atoms with Crippen LogP contribution in [0.2, 0.25) is 0 Å². The van der Waals surface area contributed by atoms with Gasteiger partial charge in [0.15, 0.2) is 5.82 Å². The minimum absolute atomic E-state index is 0.000795. The van der Waals surface area contributed by atoms with Crippen molar-refractivity contribution >= 4 is 5.82 Å². The molecule has 0 radical (unpaired) electrons. The number of aromatic hydroxyl groups is 2. The Hall–Kier alpha value is -3.29. The van der Waals surface area contributed by atoms with Crippen LogP contribution in [0.5, 0.6) is 11.5 Å². The number of hydrogen-bond donors (Lipinski definition) is 2. The Morgan fingerprint density at radius 3 is 2.48 bits per heavy atom. The van der Waals surface area contributed by atoms with E-state index in [4.69, 9.17) is 0 Å². The summed E-state index contributed by atoms with van der Waals surface area (Å²) in [5.74, 6) is 0.820. The van der Waals surface area contributed by atoms with Gasteiger partial charge in [0.25, 0.3) is 5.95 Å². The third-order valence-electron chi connectivity index (χ3n) is 3.51. The van der Waals surface area contributed by atoms with Crippen LogP contribution in [0.4, 0.5) is 5.82 Å². The van der Waals surface area contributed by atoms with Crippen LogP contribution in [-0.4, -0.2) is 30.0 Å². The highest BCUT2D eigenvalue weighted by Crippen LogP contribution is 2.23. The first-order valence-corrected chi connectivity index (χ1v) is 7.70. The SMILES string of the molecule is Cc1cc(N=NCc2ccc(O)cc2O)nc(-n2nc(C)cc2C)n1. The summed E-state index contributed by atoms with van der Waals surface area (Å²) in [7, 11) is 0. The number of aromatic nitrogens is 4. The number of phenolic OH excluding ortho intramolecular Hbond substituents is 2. The van der Waals surface area contributed by atoms with Crippen molar-refractivity contribution in [1.82, 2.24) is 19.7 Å². The number of aryl methyl sites for hydroxylation is 3. The van der Waals surface area contributed by atoms with Crippen LogP contribution < -0.4 is 0 Å². The van der Waals surface area contributed by atoms with Crippen LogP contribution in [0, 0.1) is 20.8 Å². The van der Waals surface area contributed by atoms with E-state index in [1.807, 2.05) is 26.8 Å². The number of phenols is 2. The summed E-state index contributed by atoms with van der Waals surface area (Å²) in [6, 6.07) is 8.01. The second-order valence-electron chi connectivity index (χ2n) is 5.72. The molecule has 0 unspecified atom stereocenters. The van der Waals surface area contributed by atoms with E-state index < -0.39 is 0 Å². The van der Waals surface area contributed by atoms with Crippen molar-refractivity contribution in [3.05, 3.63) is 53.0 Å². The van der Waals surface area contributed by atoms with E-state index in [-0.39, 0.29) is 18.0 Å². The fourth-order valence-corrected chi connectivity index (χ4v) is 2.38. The van der Waals surface area contributed by atoms with Crippen molar-refractivity contribution < 1.29 is 10.2 Å². The summed E-state index contributed by atoms with van der Waals surface area (Å²) in [6.07, 6.45) is 0. The topological polar surface area (TPSA) is 109 Å². The van der Waals surface area contributed by atoms with Gasteiger partial charge in [0.05, 0.1) is 12.2 Å². The molecule has 2 N–H and O–H groups in total. The predicted molar refractivity (Wildman–Crippen MR) is 91.4 cm³/mol. The van der Waals surface area contributed by atoms with E-state index >= 15 is 0 Å². The fraction of sp³-hybridized carbons (Fsp3) is 0.235. The van der Waals surface area contributed by atoms with Crippen LogP contribution in [0.3, 0.4) is 0 Å². The molecule has 128 valence electrons. The molecule has 0 saturated heterocycles. The second kappa shape index (κ2) is 6.68. The maximum absolute atomic E-state index is 9.76. The number of hydrogen-bond acceptors (Lipinski definition) is 7. The fourth-order valence-electron chi connectivity index (χ4n) is 2.38. The first-order valence-electron chi connectivity index (χ1n) is 7.70. The molecule has 0 amide bonds. The van der Waals surface area contributed by atoms with Crippen LogP contribution in [-0.2, 0) is 6.54 Å². The van der Waals surface area contributed by atoms with Gasteiger partial charge in [-0.05, 0) is 39.0 Å². The average Bonchev–Trinajstić information content (AvgIpc) is 2.87. The van der Waals surface area contributed by atoms with Gasteiger partial charge < -0.3 is 10.2 Å². The number of benzene rings is 1. The van der Waals surface area contributed by atoms with E-state index in [1.54, 1.807) is 16.8 Å². The Morgan fingerprint density at radius 2 is 1.80 bits per heavy atom. The largest absolute Gasteiger partial charge is 0.508 e. The summed E-state index contributed by atoms with van der Waals surface area (Å²) in [4.78, 5) is 8.76. The summed E-state index contributed by atoms with van der Waals surface area (Å²) < 4.78 is 1.66. The maximum Gasteiger partial charge on any atom is 0.253 e. The van der Waals surface area contributed by atoms with Crippen molar-refractivity contribution in [3.8, 4) is 17.4 Å². The van der Waals surface area contributed by atoms with Crippen molar-refractivity contribution in [2.45, 2.75) is 27.3 Å². The molecule has 1 aromatic carbocycles. The molecule has 8 heteroatoms. The van der Waals surface area contributed by atoms with Crippen molar-refractivity contribution in [2.75, 3.05) is 0 Å². The molecule has 2 aromatic heterocycles. The highest BCUT2D eigenvalue weighted by molar-refractivity contribution is 5.39. The molecular formula is C17H18N6O2. The molecule has 0 saturated carbocycles. The lowest BCUT2D eigenvalue weighted by Crippen LogP contribution is -2.05. The first-order chi connectivity index (χ1) is 11.9. The van der Waals surface area contributed by atoms with Crippen LogP contribution in [0.1, 0.15) is 22.6 Å². The minimum Gasteiger partial charge on any atom is -0.508 e. The van der Waals surface area contributed by atoms with E-state index in [0.717, 1.165) is 17.1 Å². The lowest BCUT2D eigenvalue weighted by Gasteiger charge is -2.04. The van der Waals surface area contributed by atoms with Gasteiger partial charge in [0.1, 0.15) is 11.5 Å². The molecule has 0 aliphatic carbocycles. The summed E-state index contributed by atoms with van der Waals surface area (Å²) >= 11 is 0. The van der Waals surface area contributed by atoms with Gasteiger partial charge in [-0.25, -0.2) is 9.67 Å². The van der Waals surface area contributed by atoms with Crippen LogP contribution >= 0.6 is 0 Å². The third-order valence-corrected chi connectivity index (χ3v) is 3.51. The highest BCUT2D eigenvalue weighted by atomic mass is 16.3. The minimum atomic E-state index is -0.0267. The molecule has 0 spiro atoms. The van der Waals surface area contributed by atoms with Crippen LogP contribution in [0.25, 0.3) is 5.95 Å². The quantitative estimate of drug-likeness (QED) is 0.710. The van der Waals surface area contributed by atoms with Gasteiger partial charge in [-0.3, -0.25) is 0 Å². The predicted octanol–water partition coefficient (Wildman–Crippen LogP) is 3.28. The average molecular weight is 338 g/mol. The Balaban J connectivity index is 1.84. The zero-order chi connectivity index (χ0) is 18.0. The summed E-state index contributed by atoms with van der Waals surface area (Å²) in [5.41, 5.74) is 3.12. The standard InChI is InChI=1S/C17H18N6O2/c1-10-7-16(20-17(19-10)23-12(3)6-11(2)22-23)21-18-9-13-4-5-14(24)8-15(13)25/h4-8,24-25H,9H2,1-3H3. The maximum atomic E-state index is 9.76. The van der Waals surface area contributed by atoms with E-state index in [2.05, 4.69) is 25.3 Å². The molecule has 0 aliphatic heterocycles. The molecule has 0 fully saturated rings. The van der Waals surface area contributed by atoms with Gasteiger partial charge in [0.2, 0.25) is 0 Å². The smallest absolute Gasteiger partial charge is 0.253 e. The Morgan fingerprint density at radius 1 is 1.00 bits per heavy atom. The Labute approximate surface area is 144 Å². The molecule has 3 aromatic rings. The lowest BCUT2D eigenvalue weighted by molar-refractivity contribution is 0.446. The monoisotopic (exact) mass is 338 g/mol. The normalized spacial score (nSPS) is 11.3. The number of rotatable bonds is 4. The third kappa shape index (κ3) is 3.79. The summed E-state index contributed by atoms with van der Waals surface area (Å²) in [6.45, 7) is 5.86. The molecular weight excluding hydrogens is 320 g/mol. The van der Waals surface area contributed by atoms with E-state index in [9.17, 15) is 10.2 Å².